The summed E-state index contributed by atoms with van der Waals surface area (Å²) in [5, 5.41) is 0. The fourth-order valence-corrected chi connectivity index (χ4v) is 5.25. The number of ether oxygens (including phenoxy) is 1. The molecule has 2 fully saturated rings. The fourth-order valence-electron chi connectivity index (χ4n) is 3.48. The summed E-state index contributed by atoms with van der Waals surface area (Å²) in [5.74, 6) is 2.57. The summed E-state index contributed by atoms with van der Waals surface area (Å²) in [4.78, 5) is 26.6. The van der Waals surface area contributed by atoms with Crippen LogP contribution in [0.4, 0.5) is 16.4 Å². The van der Waals surface area contributed by atoms with Gasteiger partial charge in [0.25, 0.3) is 0 Å². The number of hydrogen-bond acceptors (Lipinski definition) is 8. The Kier molecular flexibility index (Phi) is 5.73. The smallest absolute Gasteiger partial charge is 0.409 e. The summed E-state index contributed by atoms with van der Waals surface area (Å²) in [5.41, 5.74) is 0. The molecule has 0 bridgehead atoms. The predicted molar refractivity (Wildman–Crippen MR) is 103 cm³/mol. The summed E-state index contributed by atoms with van der Waals surface area (Å²) in [6.45, 7) is 6.48. The van der Waals surface area contributed by atoms with E-state index in [0.29, 0.717) is 45.0 Å². The van der Waals surface area contributed by atoms with Crippen molar-refractivity contribution in [3.63, 3.8) is 0 Å². The molecule has 0 spiro atoms. The van der Waals surface area contributed by atoms with Crippen molar-refractivity contribution in [2.45, 2.75) is 26.3 Å². The van der Waals surface area contributed by atoms with Gasteiger partial charge in [0.2, 0.25) is 0 Å². The number of nitrogens with zero attached hydrogens (tertiary/aromatic N) is 5. The van der Waals surface area contributed by atoms with E-state index in [1.165, 1.54) is 0 Å². The molecule has 1 atom stereocenters. The first-order valence-corrected chi connectivity index (χ1v) is 11.1. The molecular formula is C17H27N5O4S. The van der Waals surface area contributed by atoms with Gasteiger partial charge in [-0.05, 0) is 20.3 Å². The largest absolute Gasteiger partial charge is 0.450 e. The number of anilines is 2. The van der Waals surface area contributed by atoms with Crippen LogP contribution in [0, 0.1) is 6.92 Å². The Morgan fingerprint density at radius 2 is 2.00 bits per heavy atom. The van der Waals surface area contributed by atoms with Gasteiger partial charge in [-0.1, -0.05) is 0 Å². The van der Waals surface area contributed by atoms with E-state index in [1.54, 1.807) is 11.8 Å². The van der Waals surface area contributed by atoms with Gasteiger partial charge in [0.05, 0.1) is 18.1 Å². The highest BCUT2D eigenvalue weighted by atomic mass is 32.2. The van der Waals surface area contributed by atoms with Crippen LogP contribution in [-0.2, 0) is 14.6 Å². The maximum Gasteiger partial charge on any atom is 0.409 e. The van der Waals surface area contributed by atoms with Gasteiger partial charge in [0, 0.05) is 45.3 Å². The number of amides is 1. The number of carbonyl (C=O) groups excluding carboxylic acids is 1. The Labute approximate surface area is 160 Å². The van der Waals surface area contributed by atoms with Gasteiger partial charge in [-0.25, -0.2) is 23.2 Å². The van der Waals surface area contributed by atoms with Crippen LogP contribution in [0.15, 0.2) is 6.07 Å². The van der Waals surface area contributed by atoms with Crippen LogP contribution < -0.4 is 9.80 Å². The highest BCUT2D eigenvalue weighted by molar-refractivity contribution is 7.91. The lowest BCUT2D eigenvalue weighted by Crippen LogP contribution is -2.49. The highest BCUT2D eigenvalue weighted by Crippen LogP contribution is 2.25. The number of aryl methyl sites for hydroxylation is 1. The Morgan fingerprint density at radius 3 is 2.59 bits per heavy atom. The molecule has 3 rings (SSSR count). The van der Waals surface area contributed by atoms with Crippen molar-refractivity contribution < 1.29 is 17.9 Å². The van der Waals surface area contributed by atoms with Crippen LogP contribution in [0.25, 0.3) is 0 Å². The highest BCUT2D eigenvalue weighted by Gasteiger charge is 2.32. The molecule has 0 aromatic carbocycles. The number of piperazine rings is 1. The minimum absolute atomic E-state index is 0.0576. The van der Waals surface area contributed by atoms with E-state index in [-0.39, 0.29) is 23.6 Å². The standard InChI is InChI=1S/C17H27N5O4S/c1-4-26-17(23)22-8-6-21(7-9-22)16-11-15(18-13(2)19-16)20(3)14-5-10-27(24,25)12-14/h11,14H,4-10,12H2,1-3H3. The molecule has 1 amide bonds. The zero-order chi connectivity index (χ0) is 19.6. The van der Waals surface area contributed by atoms with Crippen LogP contribution in [-0.4, -0.2) is 86.8 Å². The second-order valence-corrected chi connectivity index (χ2v) is 9.20. The third-order valence-electron chi connectivity index (χ3n) is 5.06. The Bertz CT molecular complexity index is 793. The minimum Gasteiger partial charge on any atom is -0.450 e. The topological polar surface area (TPSA) is 95.9 Å². The summed E-state index contributed by atoms with van der Waals surface area (Å²) < 4.78 is 28.6. The molecule has 1 unspecified atom stereocenters. The van der Waals surface area contributed by atoms with E-state index in [1.807, 2.05) is 24.9 Å². The van der Waals surface area contributed by atoms with E-state index < -0.39 is 9.84 Å². The fraction of sp³-hybridized carbons (Fsp3) is 0.706. The lowest BCUT2D eigenvalue weighted by Gasteiger charge is -2.35. The first-order chi connectivity index (χ1) is 12.8. The van der Waals surface area contributed by atoms with Crippen molar-refractivity contribution >= 4 is 27.6 Å². The van der Waals surface area contributed by atoms with Gasteiger partial charge in [-0.15, -0.1) is 0 Å². The number of aromatic nitrogens is 2. The van der Waals surface area contributed by atoms with E-state index in [2.05, 4.69) is 14.9 Å². The quantitative estimate of drug-likeness (QED) is 0.732. The second kappa shape index (κ2) is 7.87. The molecular weight excluding hydrogens is 370 g/mol. The molecule has 3 heterocycles. The zero-order valence-electron chi connectivity index (χ0n) is 16.1. The van der Waals surface area contributed by atoms with Crippen molar-refractivity contribution in [2.24, 2.45) is 0 Å². The molecule has 0 aliphatic carbocycles. The summed E-state index contributed by atoms with van der Waals surface area (Å²) in [7, 11) is -1.07. The van der Waals surface area contributed by atoms with Crippen LogP contribution in [0.2, 0.25) is 0 Å². The van der Waals surface area contributed by atoms with E-state index in [4.69, 9.17) is 4.74 Å². The summed E-state index contributed by atoms with van der Waals surface area (Å²) in [6.07, 6.45) is 0.342. The van der Waals surface area contributed by atoms with Crippen LogP contribution in [0.1, 0.15) is 19.2 Å². The predicted octanol–water partition coefficient (Wildman–Crippen LogP) is 0.687. The van der Waals surface area contributed by atoms with Crippen molar-refractivity contribution in [1.29, 1.82) is 0 Å². The van der Waals surface area contributed by atoms with Crippen LogP contribution in [0.3, 0.4) is 0 Å². The summed E-state index contributed by atoms with van der Waals surface area (Å²) >= 11 is 0. The van der Waals surface area contributed by atoms with Gasteiger partial charge >= 0.3 is 6.09 Å². The molecule has 0 radical (unpaired) electrons. The number of sulfone groups is 1. The molecule has 10 heteroatoms. The monoisotopic (exact) mass is 397 g/mol. The molecule has 9 nitrogen and oxygen atoms in total. The molecule has 0 N–H and O–H groups in total. The molecule has 1 aromatic rings. The van der Waals surface area contributed by atoms with Gasteiger partial charge in [0.15, 0.2) is 9.84 Å². The lowest BCUT2D eigenvalue weighted by atomic mass is 10.2. The third-order valence-corrected chi connectivity index (χ3v) is 6.81. The molecule has 0 saturated carbocycles. The molecule has 2 aliphatic heterocycles. The molecule has 1 aromatic heterocycles. The molecule has 2 saturated heterocycles. The van der Waals surface area contributed by atoms with Gasteiger partial charge < -0.3 is 19.4 Å². The third kappa shape index (κ3) is 4.60. The number of rotatable bonds is 4. The van der Waals surface area contributed by atoms with Gasteiger partial charge in [-0.2, -0.15) is 0 Å². The Morgan fingerprint density at radius 1 is 1.30 bits per heavy atom. The number of carbonyl (C=O) groups is 1. The minimum atomic E-state index is -2.95. The SMILES string of the molecule is CCOC(=O)N1CCN(c2cc(N(C)C3CCS(=O)(=O)C3)nc(C)n2)CC1. The van der Waals surface area contributed by atoms with Gasteiger partial charge in [0.1, 0.15) is 17.5 Å². The average Bonchev–Trinajstić information content (AvgIpc) is 3.00. The summed E-state index contributed by atoms with van der Waals surface area (Å²) in [6, 6.07) is 1.84. The van der Waals surface area contributed by atoms with Crippen molar-refractivity contribution in [1.82, 2.24) is 14.9 Å². The molecule has 2 aliphatic rings. The number of hydrogen-bond donors (Lipinski definition) is 0. The first-order valence-electron chi connectivity index (χ1n) is 9.24. The van der Waals surface area contributed by atoms with E-state index in [0.717, 1.165) is 11.6 Å². The average molecular weight is 398 g/mol. The van der Waals surface area contributed by atoms with Crippen molar-refractivity contribution in [2.75, 3.05) is 61.1 Å². The maximum atomic E-state index is 11.8. The van der Waals surface area contributed by atoms with Crippen LogP contribution >= 0.6 is 0 Å². The van der Waals surface area contributed by atoms with Gasteiger partial charge in [-0.3, -0.25) is 0 Å². The zero-order valence-corrected chi connectivity index (χ0v) is 16.9. The Balaban J connectivity index is 1.70. The van der Waals surface area contributed by atoms with E-state index >= 15 is 0 Å². The Hall–Kier alpha value is -2.10. The molecule has 150 valence electrons. The first kappa shape index (κ1) is 19.7. The normalized spacial score (nSPS) is 22.0. The molecule has 27 heavy (non-hydrogen) atoms. The second-order valence-electron chi connectivity index (χ2n) is 6.97. The maximum absolute atomic E-state index is 11.8. The van der Waals surface area contributed by atoms with Crippen LogP contribution in [0.5, 0.6) is 0 Å². The lowest BCUT2D eigenvalue weighted by molar-refractivity contribution is 0.105. The van der Waals surface area contributed by atoms with Crippen molar-refractivity contribution in [3.8, 4) is 0 Å². The van der Waals surface area contributed by atoms with Crippen molar-refractivity contribution in [3.05, 3.63) is 11.9 Å². The van der Waals surface area contributed by atoms with E-state index in [9.17, 15) is 13.2 Å².